The van der Waals surface area contributed by atoms with Crippen molar-refractivity contribution in [2.24, 2.45) is 0 Å². The van der Waals surface area contributed by atoms with E-state index in [0.29, 0.717) is 0 Å². The van der Waals surface area contributed by atoms with E-state index in [0.717, 1.165) is 12.1 Å². The van der Waals surface area contributed by atoms with E-state index in [2.05, 4.69) is 26.9 Å². The highest BCUT2D eigenvalue weighted by atomic mass is 15.3. The third-order valence-corrected chi connectivity index (χ3v) is 5.20. The third-order valence-electron chi connectivity index (χ3n) is 5.20. The van der Waals surface area contributed by atoms with Gasteiger partial charge in [-0.05, 0) is 45.8 Å². The summed E-state index contributed by atoms with van der Waals surface area (Å²) in [6, 6.07) is 1.61. The molecule has 2 unspecified atom stereocenters. The molecular weight excluding hydrogens is 236 g/mol. The van der Waals surface area contributed by atoms with Crippen LogP contribution in [0.15, 0.2) is 0 Å². The molecule has 2 atom stereocenters. The van der Waals surface area contributed by atoms with Crippen LogP contribution in [0, 0.1) is 0 Å². The summed E-state index contributed by atoms with van der Waals surface area (Å²) in [7, 11) is 0. The van der Waals surface area contributed by atoms with Crippen LogP contribution >= 0.6 is 0 Å². The van der Waals surface area contributed by atoms with Crippen LogP contribution in [-0.2, 0) is 0 Å². The monoisotopic (exact) mass is 266 g/mol. The molecule has 0 radical (unpaired) electrons. The summed E-state index contributed by atoms with van der Waals surface area (Å²) in [6.45, 7) is 13.8. The molecule has 0 amide bonds. The van der Waals surface area contributed by atoms with Crippen LogP contribution in [0.5, 0.6) is 0 Å². The minimum atomic E-state index is 0.749. The first-order valence-corrected chi connectivity index (χ1v) is 8.24. The van der Waals surface area contributed by atoms with E-state index >= 15 is 0 Å². The Kier molecular flexibility index (Phi) is 4.74. The first-order chi connectivity index (χ1) is 9.33. The summed E-state index contributed by atoms with van der Waals surface area (Å²) in [6.07, 6.45) is 4.16. The van der Waals surface area contributed by atoms with Crippen molar-refractivity contribution < 1.29 is 0 Å². The Labute approximate surface area is 118 Å². The van der Waals surface area contributed by atoms with E-state index in [-0.39, 0.29) is 0 Å². The number of rotatable bonds is 3. The molecule has 3 saturated heterocycles. The highest BCUT2D eigenvalue weighted by molar-refractivity contribution is 4.90. The van der Waals surface area contributed by atoms with Crippen molar-refractivity contribution in [1.82, 2.24) is 20.0 Å². The maximum Gasteiger partial charge on any atom is 0.0224 e. The Morgan fingerprint density at radius 2 is 1.95 bits per heavy atom. The second-order valence-electron chi connectivity index (χ2n) is 6.58. The molecule has 0 aliphatic carbocycles. The molecule has 3 rings (SSSR count). The maximum atomic E-state index is 3.49. The quantitative estimate of drug-likeness (QED) is 0.800. The Morgan fingerprint density at radius 3 is 2.89 bits per heavy atom. The van der Waals surface area contributed by atoms with E-state index in [1.807, 2.05) is 0 Å². The molecular formula is C15H30N4. The van der Waals surface area contributed by atoms with Crippen molar-refractivity contribution >= 4 is 0 Å². The highest BCUT2D eigenvalue weighted by Gasteiger charge is 2.34. The molecule has 3 aliphatic rings. The van der Waals surface area contributed by atoms with E-state index in [1.165, 1.54) is 78.2 Å². The first-order valence-electron chi connectivity index (χ1n) is 8.24. The maximum absolute atomic E-state index is 3.49. The topological polar surface area (TPSA) is 21.8 Å². The summed E-state index contributed by atoms with van der Waals surface area (Å²) in [5.74, 6) is 0. The third kappa shape index (κ3) is 3.48. The van der Waals surface area contributed by atoms with E-state index in [9.17, 15) is 0 Å². The van der Waals surface area contributed by atoms with Gasteiger partial charge in [0.15, 0.2) is 0 Å². The Morgan fingerprint density at radius 1 is 1.00 bits per heavy atom. The molecule has 3 aliphatic heterocycles. The fraction of sp³-hybridized carbons (Fsp3) is 1.00. The van der Waals surface area contributed by atoms with Crippen molar-refractivity contribution in [3.63, 3.8) is 0 Å². The molecule has 19 heavy (non-hydrogen) atoms. The largest absolute Gasteiger partial charge is 0.315 e. The summed E-state index contributed by atoms with van der Waals surface area (Å²) >= 11 is 0. The van der Waals surface area contributed by atoms with Gasteiger partial charge in [-0.25, -0.2) is 0 Å². The van der Waals surface area contributed by atoms with Gasteiger partial charge in [0.05, 0.1) is 0 Å². The average molecular weight is 266 g/mol. The van der Waals surface area contributed by atoms with Crippen LogP contribution in [0.25, 0.3) is 0 Å². The lowest BCUT2D eigenvalue weighted by Gasteiger charge is -2.43. The second kappa shape index (κ2) is 6.53. The number of piperazine rings is 1. The van der Waals surface area contributed by atoms with Gasteiger partial charge in [0.1, 0.15) is 0 Å². The van der Waals surface area contributed by atoms with Crippen LogP contribution < -0.4 is 5.32 Å². The van der Waals surface area contributed by atoms with E-state index < -0.39 is 0 Å². The Hall–Kier alpha value is -0.160. The molecule has 3 fully saturated rings. The van der Waals surface area contributed by atoms with Crippen LogP contribution in [0.2, 0.25) is 0 Å². The minimum absolute atomic E-state index is 0.749. The smallest absolute Gasteiger partial charge is 0.0224 e. The zero-order valence-corrected chi connectivity index (χ0v) is 12.5. The van der Waals surface area contributed by atoms with Crippen molar-refractivity contribution in [2.45, 2.75) is 38.3 Å². The molecule has 0 saturated carbocycles. The van der Waals surface area contributed by atoms with Crippen molar-refractivity contribution in [3.05, 3.63) is 0 Å². The van der Waals surface area contributed by atoms with Gasteiger partial charge in [-0.15, -0.1) is 0 Å². The second-order valence-corrected chi connectivity index (χ2v) is 6.58. The molecule has 0 aromatic heterocycles. The number of hydrogen-bond acceptors (Lipinski definition) is 4. The van der Waals surface area contributed by atoms with Crippen molar-refractivity contribution in [1.29, 1.82) is 0 Å². The molecule has 3 heterocycles. The fourth-order valence-corrected chi connectivity index (χ4v) is 3.95. The van der Waals surface area contributed by atoms with E-state index in [1.54, 1.807) is 0 Å². The van der Waals surface area contributed by atoms with Gasteiger partial charge < -0.3 is 10.2 Å². The molecule has 1 N–H and O–H groups in total. The predicted octanol–water partition coefficient (Wildman–Crippen LogP) is 0.450. The van der Waals surface area contributed by atoms with Gasteiger partial charge in [0.25, 0.3) is 0 Å². The average Bonchev–Trinajstić information content (AvgIpc) is 2.70. The number of fused-ring (bicyclic) bond motifs is 1. The van der Waals surface area contributed by atoms with Gasteiger partial charge in [0.2, 0.25) is 0 Å². The SMILES string of the molecule is CC1CN2CCCC2CN1CCN1CCCNCC1. The normalized spacial score (nSPS) is 35.2. The highest BCUT2D eigenvalue weighted by Crippen LogP contribution is 2.24. The molecule has 0 spiro atoms. The van der Waals surface area contributed by atoms with Gasteiger partial charge in [0, 0.05) is 51.4 Å². The predicted molar refractivity (Wildman–Crippen MR) is 79.6 cm³/mol. The Balaban J connectivity index is 1.46. The zero-order valence-electron chi connectivity index (χ0n) is 12.5. The molecule has 4 nitrogen and oxygen atoms in total. The van der Waals surface area contributed by atoms with Crippen molar-refractivity contribution in [2.75, 3.05) is 58.9 Å². The van der Waals surface area contributed by atoms with Gasteiger partial charge in [-0.2, -0.15) is 0 Å². The van der Waals surface area contributed by atoms with Gasteiger partial charge in [-0.3, -0.25) is 9.80 Å². The molecule has 0 aromatic rings. The van der Waals surface area contributed by atoms with E-state index in [4.69, 9.17) is 0 Å². The number of hydrogen-bond donors (Lipinski definition) is 1. The lowest BCUT2D eigenvalue weighted by atomic mass is 10.1. The number of nitrogens with zero attached hydrogens (tertiary/aromatic N) is 3. The number of nitrogens with one attached hydrogen (secondary N) is 1. The summed E-state index contributed by atoms with van der Waals surface area (Å²) < 4.78 is 0. The molecule has 110 valence electrons. The van der Waals surface area contributed by atoms with Gasteiger partial charge in [-0.1, -0.05) is 0 Å². The standard InChI is InChI=1S/C15H30N4/c1-14-12-19-8-2-4-15(19)13-18(14)11-10-17-7-3-5-16-6-9-17/h14-16H,2-13H2,1H3. The molecule has 0 bridgehead atoms. The first kappa shape index (κ1) is 13.8. The minimum Gasteiger partial charge on any atom is -0.315 e. The van der Waals surface area contributed by atoms with Crippen LogP contribution in [0.4, 0.5) is 0 Å². The zero-order chi connectivity index (χ0) is 13.1. The Bertz CT molecular complexity index is 275. The lowest BCUT2D eigenvalue weighted by molar-refractivity contribution is 0.0522. The van der Waals surface area contributed by atoms with Crippen LogP contribution in [-0.4, -0.2) is 85.7 Å². The van der Waals surface area contributed by atoms with Crippen molar-refractivity contribution in [3.8, 4) is 0 Å². The van der Waals surface area contributed by atoms with Crippen LogP contribution in [0.3, 0.4) is 0 Å². The fourth-order valence-electron chi connectivity index (χ4n) is 3.95. The molecule has 4 heteroatoms. The lowest BCUT2D eigenvalue weighted by Crippen LogP contribution is -2.56. The summed E-state index contributed by atoms with van der Waals surface area (Å²) in [5.41, 5.74) is 0. The summed E-state index contributed by atoms with van der Waals surface area (Å²) in [4.78, 5) is 8.11. The molecule has 0 aromatic carbocycles. The summed E-state index contributed by atoms with van der Waals surface area (Å²) in [5, 5.41) is 3.49. The van der Waals surface area contributed by atoms with Gasteiger partial charge >= 0.3 is 0 Å². The van der Waals surface area contributed by atoms with Crippen LogP contribution in [0.1, 0.15) is 26.2 Å².